The fourth-order valence-electron chi connectivity index (χ4n) is 4.72. The molecule has 6 nitrogen and oxygen atoms in total. The summed E-state index contributed by atoms with van der Waals surface area (Å²) < 4.78 is 0. The molecule has 2 aromatic carbocycles. The molecule has 0 unspecified atom stereocenters. The molecule has 2 aliphatic heterocycles. The van der Waals surface area contributed by atoms with E-state index in [-0.39, 0.29) is 0 Å². The van der Waals surface area contributed by atoms with Gasteiger partial charge in [0.05, 0.1) is 0 Å². The average molecular weight is 507 g/mol. The summed E-state index contributed by atoms with van der Waals surface area (Å²) in [7, 11) is 0. The zero-order chi connectivity index (χ0) is 24.0. The Balaban J connectivity index is 1.35. The van der Waals surface area contributed by atoms with E-state index in [1.165, 1.54) is 36.8 Å². The van der Waals surface area contributed by atoms with Crippen LogP contribution in [0.5, 0.6) is 0 Å². The van der Waals surface area contributed by atoms with Crippen molar-refractivity contribution >= 4 is 46.5 Å². The van der Waals surface area contributed by atoms with Crippen molar-refractivity contribution in [3.8, 4) is 0 Å². The first-order valence-corrected chi connectivity index (χ1v) is 13.2. The molecule has 1 fully saturated rings. The maximum atomic E-state index is 5.99. The highest BCUT2D eigenvalue weighted by molar-refractivity contribution is 7.80. The average Bonchev–Trinajstić information content (AvgIpc) is 3.18. The first-order chi connectivity index (χ1) is 17.1. The molecule has 182 valence electrons. The smallest absolute Gasteiger partial charge is 0.232 e. The van der Waals surface area contributed by atoms with Gasteiger partial charge in [-0.25, -0.2) is 0 Å². The zero-order valence-corrected chi connectivity index (χ0v) is 21.4. The molecule has 0 radical (unpaired) electrons. The molecule has 8 heteroatoms. The standard InChI is InChI=1S/C27H31ClN6S/c28-23-11-9-20(10-12-23)18-29-27(35)32-26-30-24(33-14-5-1-2-6-15-33)17-25(31-26)34-16-13-21-7-3-4-8-22(21)19-34/h3-4,7-12,17H,1-2,5-6,13-16,18-19H2,(H2,29,30,31,32,35). The van der Waals surface area contributed by atoms with Crippen LogP contribution in [0.2, 0.25) is 5.02 Å². The van der Waals surface area contributed by atoms with Gasteiger partial charge in [0.1, 0.15) is 11.6 Å². The van der Waals surface area contributed by atoms with Crippen LogP contribution in [0.3, 0.4) is 0 Å². The van der Waals surface area contributed by atoms with Crippen molar-refractivity contribution in [1.82, 2.24) is 15.3 Å². The lowest BCUT2D eigenvalue weighted by molar-refractivity contribution is 0.717. The van der Waals surface area contributed by atoms with E-state index in [0.29, 0.717) is 17.6 Å². The van der Waals surface area contributed by atoms with Gasteiger partial charge in [0, 0.05) is 43.8 Å². The summed E-state index contributed by atoms with van der Waals surface area (Å²) in [4.78, 5) is 14.5. The van der Waals surface area contributed by atoms with Crippen LogP contribution in [0, 0.1) is 0 Å². The van der Waals surface area contributed by atoms with E-state index >= 15 is 0 Å². The maximum absolute atomic E-state index is 5.99. The number of fused-ring (bicyclic) bond motifs is 1. The lowest BCUT2D eigenvalue weighted by Gasteiger charge is -2.31. The van der Waals surface area contributed by atoms with Gasteiger partial charge in [0.25, 0.3) is 0 Å². The topological polar surface area (TPSA) is 56.3 Å². The van der Waals surface area contributed by atoms with Gasteiger partial charge < -0.3 is 20.4 Å². The highest BCUT2D eigenvalue weighted by atomic mass is 35.5. The van der Waals surface area contributed by atoms with Gasteiger partial charge in [-0.15, -0.1) is 0 Å². The van der Waals surface area contributed by atoms with Crippen molar-refractivity contribution in [2.75, 3.05) is 34.8 Å². The monoisotopic (exact) mass is 506 g/mol. The van der Waals surface area contributed by atoms with Gasteiger partial charge in [-0.1, -0.05) is 60.8 Å². The molecule has 35 heavy (non-hydrogen) atoms. The number of anilines is 3. The fourth-order valence-corrected chi connectivity index (χ4v) is 5.01. The van der Waals surface area contributed by atoms with Crippen molar-refractivity contribution in [3.05, 3.63) is 76.3 Å². The van der Waals surface area contributed by atoms with E-state index in [4.69, 9.17) is 33.8 Å². The molecular formula is C27H31ClN6S. The summed E-state index contributed by atoms with van der Waals surface area (Å²) in [5.41, 5.74) is 3.89. The molecule has 0 spiro atoms. The predicted molar refractivity (Wildman–Crippen MR) is 148 cm³/mol. The zero-order valence-electron chi connectivity index (χ0n) is 19.8. The highest BCUT2D eigenvalue weighted by Crippen LogP contribution is 2.28. The molecule has 3 heterocycles. The molecule has 0 atom stereocenters. The highest BCUT2D eigenvalue weighted by Gasteiger charge is 2.21. The minimum Gasteiger partial charge on any atom is -0.358 e. The number of benzene rings is 2. The van der Waals surface area contributed by atoms with Crippen LogP contribution in [-0.2, 0) is 19.5 Å². The van der Waals surface area contributed by atoms with E-state index in [1.807, 2.05) is 24.3 Å². The van der Waals surface area contributed by atoms with Crippen LogP contribution in [0.25, 0.3) is 0 Å². The second kappa shape index (κ2) is 11.2. The van der Waals surface area contributed by atoms with Crippen LogP contribution >= 0.6 is 23.8 Å². The summed E-state index contributed by atoms with van der Waals surface area (Å²) in [6.45, 7) is 4.44. The van der Waals surface area contributed by atoms with Crippen LogP contribution in [-0.4, -0.2) is 34.7 Å². The molecule has 3 aromatic rings. The number of hydrogen-bond acceptors (Lipinski definition) is 5. The number of halogens is 1. The molecule has 0 saturated carbocycles. The van der Waals surface area contributed by atoms with Crippen molar-refractivity contribution in [2.24, 2.45) is 0 Å². The Morgan fingerprint density at radius 2 is 1.54 bits per heavy atom. The SMILES string of the molecule is S=C(NCc1ccc(Cl)cc1)Nc1nc(N2CCCCCC2)cc(N2CCc3ccccc3C2)n1. The Bertz CT molecular complexity index is 1160. The Kier molecular flexibility index (Phi) is 7.64. The Labute approximate surface area is 217 Å². The predicted octanol–water partition coefficient (Wildman–Crippen LogP) is 5.56. The van der Waals surface area contributed by atoms with Crippen LogP contribution in [0.4, 0.5) is 17.6 Å². The third kappa shape index (κ3) is 6.21. The van der Waals surface area contributed by atoms with Gasteiger partial charge in [-0.05, 0) is 60.3 Å². The first kappa shape index (κ1) is 23.8. The minimum absolute atomic E-state index is 0.503. The van der Waals surface area contributed by atoms with Gasteiger partial charge in [-0.3, -0.25) is 0 Å². The number of hydrogen-bond donors (Lipinski definition) is 2. The lowest BCUT2D eigenvalue weighted by atomic mass is 10.00. The third-order valence-electron chi connectivity index (χ3n) is 6.68. The first-order valence-electron chi connectivity index (χ1n) is 12.4. The number of nitrogens with one attached hydrogen (secondary N) is 2. The molecule has 0 bridgehead atoms. The van der Waals surface area contributed by atoms with Crippen LogP contribution in [0.1, 0.15) is 42.4 Å². The maximum Gasteiger partial charge on any atom is 0.232 e. The van der Waals surface area contributed by atoms with E-state index < -0.39 is 0 Å². The van der Waals surface area contributed by atoms with E-state index in [9.17, 15) is 0 Å². The summed E-state index contributed by atoms with van der Waals surface area (Å²) >= 11 is 11.6. The quantitative estimate of drug-likeness (QED) is 0.439. The molecule has 1 aromatic heterocycles. The Morgan fingerprint density at radius 3 is 2.29 bits per heavy atom. The summed E-state index contributed by atoms with van der Waals surface area (Å²) in [6.07, 6.45) is 5.96. The number of thiocarbonyl (C=S) groups is 1. The van der Waals surface area contributed by atoms with Crippen LogP contribution < -0.4 is 20.4 Å². The van der Waals surface area contributed by atoms with Gasteiger partial charge in [-0.2, -0.15) is 9.97 Å². The van der Waals surface area contributed by atoms with Crippen molar-refractivity contribution in [1.29, 1.82) is 0 Å². The van der Waals surface area contributed by atoms with Crippen LogP contribution in [0.15, 0.2) is 54.6 Å². The van der Waals surface area contributed by atoms with Crippen molar-refractivity contribution < 1.29 is 0 Å². The van der Waals surface area contributed by atoms with E-state index in [2.05, 4.69) is 50.8 Å². The van der Waals surface area contributed by atoms with E-state index in [0.717, 1.165) is 54.8 Å². The number of aromatic nitrogens is 2. The lowest BCUT2D eigenvalue weighted by Crippen LogP contribution is -2.33. The van der Waals surface area contributed by atoms with E-state index in [1.54, 1.807) is 0 Å². The second-order valence-corrected chi connectivity index (χ2v) is 10.0. The largest absolute Gasteiger partial charge is 0.358 e. The Morgan fingerprint density at radius 1 is 0.857 bits per heavy atom. The minimum atomic E-state index is 0.503. The normalized spacial score (nSPS) is 15.8. The van der Waals surface area contributed by atoms with Gasteiger partial charge in [0.2, 0.25) is 5.95 Å². The molecule has 5 rings (SSSR count). The molecule has 0 amide bonds. The van der Waals surface area contributed by atoms with Gasteiger partial charge in [0.15, 0.2) is 5.11 Å². The molecule has 2 N–H and O–H groups in total. The molecule has 2 aliphatic rings. The van der Waals surface area contributed by atoms with Gasteiger partial charge >= 0.3 is 0 Å². The number of nitrogens with zero attached hydrogens (tertiary/aromatic N) is 4. The molecule has 1 saturated heterocycles. The second-order valence-electron chi connectivity index (χ2n) is 9.18. The molecular weight excluding hydrogens is 476 g/mol. The summed E-state index contributed by atoms with van der Waals surface area (Å²) in [5, 5.41) is 7.72. The molecule has 0 aliphatic carbocycles. The van der Waals surface area contributed by atoms with Crippen molar-refractivity contribution in [2.45, 2.75) is 45.2 Å². The fraction of sp³-hybridized carbons (Fsp3) is 0.370. The Hall–Kier alpha value is -2.90. The number of rotatable bonds is 5. The summed E-state index contributed by atoms with van der Waals surface area (Å²) in [5.74, 6) is 2.45. The third-order valence-corrected chi connectivity index (χ3v) is 7.17. The van der Waals surface area contributed by atoms with Crippen molar-refractivity contribution in [3.63, 3.8) is 0 Å². The summed E-state index contributed by atoms with van der Waals surface area (Å²) in [6, 6.07) is 18.6.